The number of benzene rings is 1. The van der Waals surface area contributed by atoms with Crippen molar-refractivity contribution in [2.24, 2.45) is 16.1 Å². The summed E-state index contributed by atoms with van der Waals surface area (Å²) >= 11 is 1.24. The molecule has 0 saturated carbocycles. The highest BCUT2D eigenvalue weighted by molar-refractivity contribution is 8.14. The Bertz CT molecular complexity index is 648. The highest BCUT2D eigenvalue weighted by Gasteiger charge is 2.09. The van der Waals surface area contributed by atoms with Crippen molar-refractivity contribution in [3.8, 4) is 0 Å². The van der Waals surface area contributed by atoms with Gasteiger partial charge in [0.1, 0.15) is 5.94 Å². The van der Waals surface area contributed by atoms with Gasteiger partial charge >= 0.3 is 6.09 Å². The molecule has 1 rings (SSSR count). The molecule has 150 valence electrons. The van der Waals surface area contributed by atoms with E-state index in [0.29, 0.717) is 5.17 Å². The molecule has 0 aromatic heterocycles. The molecular weight excluding hydrogens is 364 g/mol. The third-order valence-corrected chi connectivity index (χ3v) is 4.00. The smallest absolute Gasteiger partial charge is 0.408 e. The maximum Gasteiger partial charge on any atom is 0.408 e. The first-order valence-corrected chi connectivity index (χ1v) is 10.1. The Balaban J connectivity index is 2.83. The zero-order chi connectivity index (χ0) is 20.1. The Labute approximate surface area is 165 Å². The number of ether oxygens (including phenoxy) is 1. The molecule has 7 nitrogen and oxygen atoms in total. The van der Waals surface area contributed by atoms with Crippen molar-refractivity contribution >= 4 is 34.9 Å². The van der Waals surface area contributed by atoms with Gasteiger partial charge in [0.15, 0.2) is 5.17 Å². The lowest BCUT2D eigenvalue weighted by Crippen LogP contribution is -2.27. The molecule has 0 heterocycles. The van der Waals surface area contributed by atoms with Crippen molar-refractivity contribution in [1.82, 2.24) is 5.32 Å². The number of nitrogens with zero attached hydrogens (tertiary/aromatic N) is 2. The normalized spacial score (nSPS) is 11.9. The zero-order valence-electron chi connectivity index (χ0n) is 16.5. The van der Waals surface area contributed by atoms with E-state index in [1.807, 2.05) is 20.8 Å². The van der Waals surface area contributed by atoms with Gasteiger partial charge in [-0.1, -0.05) is 39.3 Å². The first-order chi connectivity index (χ1) is 13.0. The standard InChI is InChI=1S/C19H30N4O3S/c1-5-6-16-8-7-15(4)11-17(16)22-18(23-21-12-14(2)3)27-13-26-19(25)20-9-10-24/h7-8,11-12,14,24H,5-6,9-10,13H2,1-4H3,(H,20,25)(H,22,23)/b21-12+. The van der Waals surface area contributed by atoms with Crippen LogP contribution in [0.25, 0.3) is 0 Å². The van der Waals surface area contributed by atoms with Crippen LogP contribution in [0, 0.1) is 12.8 Å². The second-order valence-corrected chi connectivity index (χ2v) is 7.20. The van der Waals surface area contributed by atoms with Crippen LogP contribution < -0.4 is 10.6 Å². The molecule has 27 heavy (non-hydrogen) atoms. The van der Waals surface area contributed by atoms with Gasteiger partial charge in [-0.25, -0.2) is 4.79 Å². The zero-order valence-corrected chi connectivity index (χ0v) is 17.3. The van der Waals surface area contributed by atoms with Crippen LogP contribution in [-0.4, -0.2) is 41.7 Å². The number of rotatable bonds is 9. The lowest BCUT2D eigenvalue weighted by molar-refractivity contribution is 0.162. The third-order valence-electron chi connectivity index (χ3n) is 3.31. The van der Waals surface area contributed by atoms with Gasteiger partial charge in [0.05, 0.1) is 6.61 Å². The predicted molar refractivity (Wildman–Crippen MR) is 114 cm³/mol. The maximum atomic E-state index is 11.5. The van der Waals surface area contributed by atoms with Crippen LogP contribution in [0.4, 0.5) is 10.5 Å². The molecule has 1 aromatic rings. The number of thioether (sulfide) groups is 1. The van der Waals surface area contributed by atoms with Gasteiger partial charge in [-0.15, -0.1) is 5.10 Å². The van der Waals surface area contributed by atoms with Crippen molar-refractivity contribution in [2.75, 3.05) is 24.4 Å². The fourth-order valence-electron chi connectivity index (χ4n) is 2.07. The Morgan fingerprint density at radius 1 is 1.41 bits per heavy atom. The molecule has 0 unspecified atom stereocenters. The summed E-state index contributed by atoms with van der Waals surface area (Å²) in [4.78, 5) is 11.5. The molecular formula is C19H30N4O3S. The van der Waals surface area contributed by atoms with E-state index in [-0.39, 0.29) is 25.0 Å². The molecule has 1 aromatic carbocycles. The topological polar surface area (TPSA) is 95.3 Å². The number of alkyl carbamates (subject to hydrolysis) is 1. The molecule has 0 saturated heterocycles. The van der Waals surface area contributed by atoms with E-state index in [4.69, 9.17) is 9.84 Å². The highest BCUT2D eigenvalue weighted by atomic mass is 32.2. The summed E-state index contributed by atoms with van der Waals surface area (Å²) in [5.41, 5.74) is 3.32. The number of aliphatic hydroxyl groups excluding tert-OH is 1. The summed E-state index contributed by atoms with van der Waals surface area (Å²) in [6.45, 7) is 8.25. The Kier molecular flexibility index (Phi) is 11.2. The summed E-state index contributed by atoms with van der Waals surface area (Å²) in [5.74, 6) is 0.366. The minimum Gasteiger partial charge on any atom is -0.438 e. The molecule has 0 fully saturated rings. The first kappa shape index (κ1) is 23.0. The van der Waals surface area contributed by atoms with Crippen LogP contribution >= 0.6 is 11.8 Å². The summed E-state index contributed by atoms with van der Waals surface area (Å²) in [5, 5.41) is 23.3. The van der Waals surface area contributed by atoms with Crippen LogP contribution in [0.5, 0.6) is 0 Å². The van der Waals surface area contributed by atoms with E-state index in [1.165, 1.54) is 17.3 Å². The van der Waals surface area contributed by atoms with Crippen molar-refractivity contribution in [3.05, 3.63) is 29.3 Å². The fraction of sp³-hybridized carbons (Fsp3) is 0.526. The van der Waals surface area contributed by atoms with Gasteiger partial charge in [-0.3, -0.25) is 0 Å². The fourth-order valence-corrected chi connectivity index (χ4v) is 2.63. The van der Waals surface area contributed by atoms with E-state index < -0.39 is 6.09 Å². The average Bonchev–Trinajstić information content (AvgIpc) is 2.61. The van der Waals surface area contributed by atoms with Crippen LogP contribution in [0.15, 0.2) is 28.4 Å². The third kappa shape index (κ3) is 10.0. The summed E-state index contributed by atoms with van der Waals surface area (Å²) in [7, 11) is 0. The van der Waals surface area contributed by atoms with E-state index >= 15 is 0 Å². The largest absolute Gasteiger partial charge is 0.438 e. The van der Waals surface area contributed by atoms with E-state index in [2.05, 4.69) is 46.0 Å². The van der Waals surface area contributed by atoms with Gasteiger partial charge in [0, 0.05) is 18.4 Å². The molecule has 1 amide bonds. The molecule has 0 atom stereocenters. The van der Waals surface area contributed by atoms with Gasteiger partial charge in [-0.2, -0.15) is 5.10 Å². The summed E-state index contributed by atoms with van der Waals surface area (Å²) in [6.07, 6.45) is 3.16. The number of hydrogen-bond acceptors (Lipinski definition) is 6. The lowest BCUT2D eigenvalue weighted by atomic mass is 10.1. The van der Waals surface area contributed by atoms with E-state index in [0.717, 1.165) is 24.1 Å². The molecule has 8 heteroatoms. The van der Waals surface area contributed by atoms with Crippen LogP contribution in [0.3, 0.4) is 0 Å². The van der Waals surface area contributed by atoms with Crippen LogP contribution in [0.2, 0.25) is 0 Å². The minimum absolute atomic E-state index is 0.0786. The Morgan fingerprint density at radius 2 is 2.19 bits per heavy atom. The lowest BCUT2D eigenvalue weighted by Gasteiger charge is -2.14. The van der Waals surface area contributed by atoms with Gasteiger partial charge in [-0.05, 0) is 48.2 Å². The van der Waals surface area contributed by atoms with Gasteiger partial charge in [0.2, 0.25) is 0 Å². The molecule has 0 aliphatic carbocycles. The number of hydrogen-bond donors (Lipinski definition) is 3. The number of amidine groups is 1. The number of anilines is 1. The summed E-state index contributed by atoms with van der Waals surface area (Å²) < 4.78 is 5.07. The quantitative estimate of drug-likeness (QED) is 0.256. The minimum atomic E-state index is -0.580. The maximum absolute atomic E-state index is 11.5. The summed E-state index contributed by atoms with van der Waals surface area (Å²) in [6, 6.07) is 6.27. The van der Waals surface area contributed by atoms with E-state index in [1.54, 1.807) is 6.21 Å². The van der Waals surface area contributed by atoms with E-state index in [9.17, 15) is 4.79 Å². The van der Waals surface area contributed by atoms with Crippen molar-refractivity contribution in [3.63, 3.8) is 0 Å². The van der Waals surface area contributed by atoms with Crippen LogP contribution in [-0.2, 0) is 11.2 Å². The SMILES string of the molecule is CCCc1ccc(C)cc1N/C(=N/N=C/C(C)C)SCOC(=O)NCCO. The Hall–Kier alpha value is -2.06. The number of carbonyl (C=O) groups excluding carboxylic acids is 1. The van der Waals surface area contributed by atoms with Crippen LogP contribution in [0.1, 0.15) is 38.3 Å². The number of carbonyl (C=O) groups is 1. The first-order valence-electron chi connectivity index (χ1n) is 9.08. The average molecular weight is 395 g/mol. The van der Waals surface area contributed by atoms with Crippen molar-refractivity contribution in [1.29, 1.82) is 0 Å². The number of aryl methyl sites for hydroxylation is 2. The molecule has 0 aliphatic heterocycles. The molecule has 0 aliphatic rings. The predicted octanol–water partition coefficient (Wildman–Crippen LogP) is 3.77. The molecule has 3 N–H and O–H groups in total. The monoisotopic (exact) mass is 394 g/mol. The Morgan fingerprint density at radius 3 is 2.85 bits per heavy atom. The van der Waals surface area contributed by atoms with Crippen molar-refractivity contribution in [2.45, 2.75) is 40.5 Å². The van der Waals surface area contributed by atoms with Gasteiger partial charge in [0.25, 0.3) is 0 Å². The highest BCUT2D eigenvalue weighted by Crippen LogP contribution is 2.21. The molecule has 0 bridgehead atoms. The second kappa shape index (κ2) is 13.2. The number of aliphatic hydroxyl groups is 1. The molecule has 0 spiro atoms. The molecule has 0 radical (unpaired) electrons. The number of nitrogens with one attached hydrogen (secondary N) is 2. The number of amides is 1. The second-order valence-electron chi connectivity index (χ2n) is 6.29. The van der Waals surface area contributed by atoms with Gasteiger partial charge < -0.3 is 20.5 Å². The van der Waals surface area contributed by atoms with Crippen molar-refractivity contribution < 1.29 is 14.6 Å².